The van der Waals surface area contributed by atoms with Gasteiger partial charge in [0.15, 0.2) is 0 Å². The topological polar surface area (TPSA) is 95.5 Å². The van der Waals surface area contributed by atoms with Crippen molar-refractivity contribution < 1.29 is 19.5 Å². The Hall–Kier alpha value is -1.59. The Balaban J connectivity index is 3.02. The molecule has 0 saturated carbocycles. The van der Waals surface area contributed by atoms with Crippen molar-refractivity contribution >= 4 is 17.9 Å². The van der Waals surface area contributed by atoms with Crippen molar-refractivity contribution in [2.45, 2.75) is 18.9 Å². The number of carboxylic acid groups (broad SMARTS) is 1. The Labute approximate surface area is 67.9 Å². The molecule has 0 aliphatic carbocycles. The molecule has 6 nitrogen and oxygen atoms in total. The zero-order valence-electron chi connectivity index (χ0n) is 6.38. The second-order valence-electron chi connectivity index (χ2n) is 2.47. The van der Waals surface area contributed by atoms with E-state index in [0.717, 1.165) is 0 Å². The molecule has 1 atom stereocenters. The Kier molecular flexibility index (Phi) is 1.75. The molecule has 6 heteroatoms. The average molecular weight is 172 g/mol. The van der Waals surface area contributed by atoms with E-state index in [1.54, 1.807) is 0 Å². The van der Waals surface area contributed by atoms with Crippen LogP contribution in [0.25, 0.3) is 0 Å². The van der Waals surface area contributed by atoms with Crippen LogP contribution >= 0.6 is 0 Å². The second kappa shape index (κ2) is 2.47. The van der Waals surface area contributed by atoms with Gasteiger partial charge in [-0.1, -0.05) is 6.92 Å². The largest absolute Gasteiger partial charge is 0.479 e. The van der Waals surface area contributed by atoms with Gasteiger partial charge >= 0.3 is 12.0 Å². The Bertz CT molecular complexity index is 262. The van der Waals surface area contributed by atoms with Gasteiger partial charge in [0.05, 0.1) is 0 Å². The van der Waals surface area contributed by atoms with Crippen LogP contribution in [0.5, 0.6) is 0 Å². The van der Waals surface area contributed by atoms with Crippen LogP contribution in [-0.4, -0.2) is 28.6 Å². The van der Waals surface area contributed by atoms with E-state index >= 15 is 0 Å². The van der Waals surface area contributed by atoms with E-state index in [0.29, 0.717) is 0 Å². The number of nitrogens with one attached hydrogen (secondary N) is 2. The lowest BCUT2D eigenvalue weighted by Gasteiger charge is -2.17. The van der Waals surface area contributed by atoms with Crippen LogP contribution in [0.1, 0.15) is 13.3 Å². The van der Waals surface area contributed by atoms with Crippen molar-refractivity contribution in [3.63, 3.8) is 0 Å². The molecule has 3 amide bonds. The molecule has 1 rings (SSSR count). The molecule has 12 heavy (non-hydrogen) atoms. The molecule has 0 aromatic rings. The van der Waals surface area contributed by atoms with Crippen molar-refractivity contribution in [1.29, 1.82) is 0 Å². The Morgan fingerprint density at radius 2 is 2.17 bits per heavy atom. The molecule has 1 heterocycles. The lowest BCUT2D eigenvalue weighted by Crippen LogP contribution is -2.53. The average Bonchev–Trinajstić information content (AvgIpc) is 2.26. The smallest absolute Gasteiger partial charge is 0.339 e. The molecule has 0 radical (unpaired) electrons. The Morgan fingerprint density at radius 1 is 1.58 bits per heavy atom. The van der Waals surface area contributed by atoms with E-state index in [1.165, 1.54) is 6.92 Å². The standard InChI is InChI=1S/C6H8N2O4/c1-2-6(4(10)11)3(9)7-5(12)8-6/h2H2,1H3,(H,10,11)(H2,7,8,9,12)/t6-/m0/s1. The molecular weight excluding hydrogens is 164 g/mol. The summed E-state index contributed by atoms with van der Waals surface area (Å²) in [6.45, 7) is 1.51. The summed E-state index contributed by atoms with van der Waals surface area (Å²) in [5, 5.41) is 12.6. The summed E-state index contributed by atoms with van der Waals surface area (Å²) in [5.74, 6) is -2.14. The first-order chi connectivity index (χ1) is 5.53. The maximum absolute atomic E-state index is 11.0. The van der Waals surface area contributed by atoms with E-state index in [1.807, 2.05) is 5.32 Å². The number of carbonyl (C=O) groups is 3. The SMILES string of the molecule is CC[C@]1(C(=O)O)NC(=O)NC1=O. The molecule has 0 aromatic heterocycles. The molecule has 1 fully saturated rings. The first kappa shape index (κ1) is 8.51. The number of rotatable bonds is 2. The lowest BCUT2D eigenvalue weighted by molar-refractivity contribution is -0.148. The fourth-order valence-corrected chi connectivity index (χ4v) is 1.04. The fraction of sp³-hybridized carbons (Fsp3) is 0.500. The van der Waals surface area contributed by atoms with Crippen LogP contribution in [-0.2, 0) is 9.59 Å². The Morgan fingerprint density at radius 3 is 2.33 bits per heavy atom. The molecular formula is C6H8N2O4. The van der Waals surface area contributed by atoms with Crippen LogP contribution in [0.4, 0.5) is 4.79 Å². The number of amides is 3. The minimum atomic E-state index is -1.77. The molecule has 0 unspecified atom stereocenters. The predicted octanol–water partition coefficient (Wildman–Crippen LogP) is -0.941. The van der Waals surface area contributed by atoms with Gasteiger partial charge in [0, 0.05) is 0 Å². The number of urea groups is 1. The van der Waals surface area contributed by atoms with Gasteiger partial charge in [0.2, 0.25) is 5.54 Å². The van der Waals surface area contributed by atoms with Crippen molar-refractivity contribution in [2.75, 3.05) is 0 Å². The number of carboxylic acids is 1. The number of carbonyl (C=O) groups excluding carboxylic acids is 2. The highest BCUT2D eigenvalue weighted by Gasteiger charge is 2.51. The number of aliphatic carboxylic acids is 1. The molecule has 3 N–H and O–H groups in total. The minimum Gasteiger partial charge on any atom is -0.479 e. The first-order valence-electron chi connectivity index (χ1n) is 3.40. The highest BCUT2D eigenvalue weighted by molar-refractivity contribution is 6.18. The molecule has 1 aliphatic rings. The van der Waals surface area contributed by atoms with Gasteiger partial charge in [-0.05, 0) is 6.42 Å². The maximum atomic E-state index is 11.0. The summed E-state index contributed by atoms with van der Waals surface area (Å²) in [6, 6.07) is -0.760. The summed E-state index contributed by atoms with van der Waals surface area (Å²) < 4.78 is 0. The summed E-state index contributed by atoms with van der Waals surface area (Å²) in [7, 11) is 0. The molecule has 0 aromatic carbocycles. The van der Waals surface area contributed by atoms with Crippen LogP contribution < -0.4 is 10.6 Å². The van der Waals surface area contributed by atoms with Gasteiger partial charge in [0.1, 0.15) is 0 Å². The van der Waals surface area contributed by atoms with Crippen LogP contribution in [0.15, 0.2) is 0 Å². The van der Waals surface area contributed by atoms with E-state index in [2.05, 4.69) is 5.32 Å². The third kappa shape index (κ3) is 0.919. The highest BCUT2D eigenvalue weighted by Crippen LogP contribution is 2.14. The van der Waals surface area contributed by atoms with Crippen molar-refractivity contribution in [3.8, 4) is 0 Å². The van der Waals surface area contributed by atoms with E-state index < -0.39 is 23.4 Å². The van der Waals surface area contributed by atoms with Crippen LogP contribution in [0.3, 0.4) is 0 Å². The van der Waals surface area contributed by atoms with Crippen molar-refractivity contribution in [3.05, 3.63) is 0 Å². The minimum absolute atomic E-state index is 0.0277. The quantitative estimate of drug-likeness (QED) is 0.370. The third-order valence-electron chi connectivity index (χ3n) is 1.84. The van der Waals surface area contributed by atoms with Crippen LogP contribution in [0, 0.1) is 0 Å². The normalized spacial score (nSPS) is 28.1. The molecule has 0 spiro atoms. The summed E-state index contributed by atoms with van der Waals surface area (Å²) in [6.07, 6.45) is 0.0277. The van der Waals surface area contributed by atoms with Gasteiger partial charge < -0.3 is 10.4 Å². The number of hydrogen-bond acceptors (Lipinski definition) is 3. The van der Waals surface area contributed by atoms with Crippen LogP contribution in [0.2, 0.25) is 0 Å². The van der Waals surface area contributed by atoms with Gasteiger partial charge in [-0.15, -0.1) is 0 Å². The van der Waals surface area contributed by atoms with Gasteiger partial charge in [0.25, 0.3) is 5.91 Å². The monoisotopic (exact) mass is 172 g/mol. The molecule has 0 bridgehead atoms. The van der Waals surface area contributed by atoms with Gasteiger partial charge in [-0.25, -0.2) is 9.59 Å². The summed E-state index contributed by atoms with van der Waals surface area (Å²) >= 11 is 0. The maximum Gasteiger partial charge on any atom is 0.339 e. The lowest BCUT2D eigenvalue weighted by atomic mass is 9.97. The summed E-state index contributed by atoms with van der Waals surface area (Å²) in [4.78, 5) is 32.3. The summed E-state index contributed by atoms with van der Waals surface area (Å²) in [5.41, 5.74) is -1.77. The second-order valence-corrected chi connectivity index (χ2v) is 2.47. The number of hydrogen-bond donors (Lipinski definition) is 3. The van der Waals surface area contributed by atoms with Crippen molar-refractivity contribution in [2.24, 2.45) is 0 Å². The first-order valence-corrected chi connectivity index (χ1v) is 3.40. The molecule has 1 saturated heterocycles. The highest BCUT2D eigenvalue weighted by atomic mass is 16.4. The zero-order valence-corrected chi connectivity index (χ0v) is 6.38. The fourth-order valence-electron chi connectivity index (χ4n) is 1.04. The van der Waals surface area contributed by atoms with E-state index in [9.17, 15) is 14.4 Å². The van der Waals surface area contributed by atoms with Gasteiger partial charge in [-0.3, -0.25) is 10.1 Å². The van der Waals surface area contributed by atoms with E-state index in [-0.39, 0.29) is 6.42 Å². The number of imide groups is 1. The van der Waals surface area contributed by atoms with E-state index in [4.69, 9.17) is 5.11 Å². The zero-order chi connectivity index (χ0) is 9.35. The predicted molar refractivity (Wildman–Crippen MR) is 37.3 cm³/mol. The molecule has 66 valence electrons. The van der Waals surface area contributed by atoms with Crippen molar-refractivity contribution in [1.82, 2.24) is 10.6 Å². The third-order valence-corrected chi connectivity index (χ3v) is 1.84. The molecule has 1 aliphatic heterocycles. The van der Waals surface area contributed by atoms with Gasteiger partial charge in [-0.2, -0.15) is 0 Å².